The molecule has 0 saturated heterocycles. The lowest BCUT2D eigenvalue weighted by Gasteiger charge is -2.26. The monoisotopic (exact) mass is 285 g/mol. The summed E-state index contributed by atoms with van der Waals surface area (Å²) in [6.07, 6.45) is 4.91. The maximum absolute atomic E-state index is 5.76. The molecule has 1 aromatic heterocycles. The number of hydrogen-bond donors (Lipinski definition) is 1. The number of rotatable bonds is 2. The van der Waals surface area contributed by atoms with Gasteiger partial charge in [-0.2, -0.15) is 9.97 Å². The van der Waals surface area contributed by atoms with Crippen LogP contribution in [0.5, 0.6) is 6.01 Å². The van der Waals surface area contributed by atoms with E-state index >= 15 is 0 Å². The lowest BCUT2D eigenvalue weighted by Crippen LogP contribution is -2.25. The summed E-state index contributed by atoms with van der Waals surface area (Å²) in [6, 6.07) is 2.04. The predicted octanol–water partition coefficient (Wildman–Crippen LogP) is 2.78. The summed E-state index contributed by atoms with van der Waals surface area (Å²) in [7, 11) is 0. The van der Waals surface area contributed by atoms with Gasteiger partial charge in [0.05, 0.1) is 0 Å². The van der Waals surface area contributed by atoms with Crippen LogP contribution in [0.4, 0.5) is 5.82 Å². The average molecular weight is 286 g/mol. The average Bonchev–Trinajstić information content (AvgIpc) is 2.15. The Hall–Kier alpha value is -0.840. The maximum atomic E-state index is 5.76. The number of nitrogen functional groups attached to an aromatic ring is 1. The fourth-order valence-corrected chi connectivity index (χ4v) is 2.49. The van der Waals surface area contributed by atoms with E-state index in [4.69, 9.17) is 10.5 Å². The minimum atomic E-state index is 0.234. The number of nitrogens with zero attached hydrogens (tertiary/aromatic N) is 2. The summed E-state index contributed by atoms with van der Waals surface area (Å²) in [5, 5.41) is 0. The van der Waals surface area contributed by atoms with Crippen LogP contribution in [0, 0.1) is 5.92 Å². The van der Waals surface area contributed by atoms with Crippen molar-refractivity contribution in [1.82, 2.24) is 9.97 Å². The molecule has 1 aliphatic carbocycles. The van der Waals surface area contributed by atoms with Crippen LogP contribution >= 0.6 is 15.9 Å². The highest BCUT2D eigenvalue weighted by molar-refractivity contribution is 9.10. The summed E-state index contributed by atoms with van der Waals surface area (Å²) in [6.45, 7) is 2.26. The quantitative estimate of drug-likeness (QED) is 0.849. The number of ether oxygens (including phenoxy) is 1. The van der Waals surface area contributed by atoms with Gasteiger partial charge < -0.3 is 10.5 Å². The normalized spacial score (nSPS) is 25.4. The van der Waals surface area contributed by atoms with E-state index in [9.17, 15) is 0 Å². The molecule has 0 bridgehead atoms. The Labute approximate surface area is 104 Å². The van der Waals surface area contributed by atoms with Gasteiger partial charge in [0.15, 0.2) is 0 Å². The molecule has 1 fully saturated rings. The third-order valence-corrected chi connectivity index (χ3v) is 3.26. The second kappa shape index (κ2) is 4.99. The number of aromatic nitrogens is 2. The molecule has 0 amide bonds. The van der Waals surface area contributed by atoms with E-state index in [1.165, 1.54) is 12.8 Å². The first-order valence-corrected chi connectivity index (χ1v) is 6.39. The second-order valence-corrected chi connectivity index (χ2v) is 5.22. The Balaban J connectivity index is 2.02. The van der Waals surface area contributed by atoms with E-state index in [0.717, 1.165) is 18.8 Å². The molecule has 2 atom stereocenters. The smallest absolute Gasteiger partial charge is 0.319 e. The van der Waals surface area contributed by atoms with Crippen LogP contribution in [0.3, 0.4) is 0 Å². The largest absolute Gasteiger partial charge is 0.460 e. The van der Waals surface area contributed by atoms with Gasteiger partial charge in [0.25, 0.3) is 0 Å². The summed E-state index contributed by atoms with van der Waals surface area (Å²) in [5.74, 6) is 1.16. The lowest BCUT2D eigenvalue weighted by atomic mass is 9.89. The van der Waals surface area contributed by atoms with Crippen LogP contribution in [0.2, 0.25) is 0 Å². The van der Waals surface area contributed by atoms with E-state index < -0.39 is 0 Å². The highest BCUT2D eigenvalue weighted by Crippen LogP contribution is 2.26. The number of hydrogen-bond acceptors (Lipinski definition) is 4. The van der Waals surface area contributed by atoms with Crippen molar-refractivity contribution in [2.75, 3.05) is 5.73 Å². The molecule has 1 saturated carbocycles. The minimum absolute atomic E-state index is 0.234. The van der Waals surface area contributed by atoms with E-state index in [1.807, 2.05) is 0 Å². The van der Waals surface area contributed by atoms with Crippen molar-refractivity contribution in [3.05, 3.63) is 10.7 Å². The molecule has 0 radical (unpaired) electrons. The zero-order valence-corrected chi connectivity index (χ0v) is 10.9. The van der Waals surface area contributed by atoms with Gasteiger partial charge >= 0.3 is 6.01 Å². The van der Waals surface area contributed by atoms with E-state index in [1.54, 1.807) is 6.07 Å². The number of anilines is 1. The van der Waals surface area contributed by atoms with Crippen molar-refractivity contribution in [3.8, 4) is 6.01 Å². The SMILES string of the molecule is CC1CCCC(Oc2nc(N)cc(Br)n2)C1. The van der Waals surface area contributed by atoms with Gasteiger partial charge in [-0.15, -0.1) is 0 Å². The second-order valence-electron chi connectivity index (χ2n) is 4.41. The van der Waals surface area contributed by atoms with Crippen LogP contribution < -0.4 is 10.5 Å². The standard InChI is InChI=1S/C11H16BrN3O/c1-7-3-2-4-8(5-7)16-11-14-9(12)6-10(13)15-11/h6-8H,2-5H2,1H3,(H2,13,14,15). The van der Waals surface area contributed by atoms with Gasteiger partial charge in [0.2, 0.25) is 0 Å². The van der Waals surface area contributed by atoms with Gasteiger partial charge in [0, 0.05) is 6.07 Å². The van der Waals surface area contributed by atoms with Crippen LogP contribution in [0.15, 0.2) is 10.7 Å². The van der Waals surface area contributed by atoms with Crippen molar-refractivity contribution >= 4 is 21.7 Å². The van der Waals surface area contributed by atoms with E-state index in [0.29, 0.717) is 16.4 Å². The summed E-state index contributed by atoms with van der Waals surface area (Å²) in [4.78, 5) is 8.22. The molecule has 2 rings (SSSR count). The molecule has 4 nitrogen and oxygen atoms in total. The first-order valence-electron chi connectivity index (χ1n) is 5.60. The van der Waals surface area contributed by atoms with E-state index in [2.05, 4.69) is 32.8 Å². The molecule has 1 aromatic rings. The van der Waals surface area contributed by atoms with Crippen LogP contribution in [-0.2, 0) is 0 Å². The minimum Gasteiger partial charge on any atom is -0.460 e. The van der Waals surface area contributed by atoms with Crippen molar-refractivity contribution in [1.29, 1.82) is 0 Å². The molecule has 1 aliphatic rings. The Kier molecular flexibility index (Phi) is 3.63. The summed E-state index contributed by atoms with van der Waals surface area (Å²) < 4.78 is 6.42. The molecular weight excluding hydrogens is 270 g/mol. The highest BCUT2D eigenvalue weighted by atomic mass is 79.9. The van der Waals surface area contributed by atoms with Gasteiger partial charge in [-0.05, 0) is 41.1 Å². The van der Waals surface area contributed by atoms with Crippen LogP contribution in [0.1, 0.15) is 32.6 Å². The topological polar surface area (TPSA) is 61.0 Å². The van der Waals surface area contributed by atoms with E-state index in [-0.39, 0.29) is 6.10 Å². The third-order valence-electron chi connectivity index (χ3n) is 2.85. The Morgan fingerprint density at radius 2 is 2.25 bits per heavy atom. The zero-order chi connectivity index (χ0) is 11.5. The highest BCUT2D eigenvalue weighted by Gasteiger charge is 2.21. The molecule has 0 aromatic carbocycles. The Morgan fingerprint density at radius 3 is 2.94 bits per heavy atom. The summed E-state index contributed by atoms with van der Waals surface area (Å²) >= 11 is 3.28. The van der Waals surface area contributed by atoms with Crippen molar-refractivity contribution in [2.45, 2.75) is 38.7 Å². The predicted molar refractivity (Wildman–Crippen MR) is 66.2 cm³/mol. The molecule has 16 heavy (non-hydrogen) atoms. The maximum Gasteiger partial charge on any atom is 0.319 e. The van der Waals surface area contributed by atoms with Gasteiger partial charge in [-0.25, -0.2) is 0 Å². The van der Waals surface area contributed by atoms with Crippen molar-refractivity contribution < 1.29 is 4.74 Å². The molecule has 0 spiro atoms. The number of halogens is 1. The van der Waals surface area contributed by atoms with Gasteiger partial charge in [-0.3, -0.25) is 0 Å². The van der Waals surface area contributed by atoms with Crippen LogP contribution in [0.25, 0.3) is 0 Å². The fraction of sp³-hybridized carbons (Fsp3) is 0.636. The van der Waals surface area contributed by atoms with Gasteiger partial charge in [-0.1, -0.05) is 13.3 Å². The Bertz CT molecular complexity index is 352. The van der Waals surface area contributed by atoms with Crippen molar-refractivity contribution in [3.63, 3.8) is 0 Å². The molecule has 1 heterocycles. The molecule has 2 unspecified atom stereocenters. The zero-order valence-electron chi connectivity index (χ0n) is 9.32. The first kappa shape index (κ1) is 11.6. The Morgan fingerprint density at radius 1 is 1.44 bits per heavy atom. The third kappa shape index (κ3) is 3.07. The summed E-state index contributed by atoms with van der Waals surface area (Å²) in [5.41, 5.74) is 5.63. The van der Waals surface area contributed by atoms with Gasteiger partial charge in [0.1, 0.15) is 16.5 Å². The first-order chi connectivity index (χ1) is 7.63. The van der Waals surface area contributed by atoms with Crippen molar-refractivity contribution in [2.24, 2.45) is 5.92 Å². The number of nitrogens with two attached hydrogens (primary N) is 1. The molecular formula is C11H16BrN3O. The fourth-order valence-electron chi connectivity index (χ4n) is 2.10. The molecule has 0 aliphatic heterocycles. The molecule has 2 N–H and O–H groups in total. The molecule has 5 heteroatoms. The lowest BCUT2D eigenvalue weighted by molar-refractivity contribution is 0.118. The molecule has 88 valence electrons. The van der Waals surface area contributed by atoms with Crippen LogP contribution in [-0.4, -0.2) is 16.1 Å².